The van der Waals surface area contributed by atoms with Gasteiger partial charge in [0.25, 0.3) is 0 Å². The van der Waals surface area contributed by atoms with Crippen LogP contribution in [0.3, 0.4) is 0 Å². The largest absolute Gasteiger partial charge is 0.376 e. The van der Waals surface area contributed by atoms with E-state index in [0.29, 0.717) is 13.2 Å². The predicted octanol–water partition coefficient (Wildman–Crippen LogP) is 2.83. The number of ether oxygens (including phenoxy) is 1. The molecule has 1 aliphatic carbocycles. The van der Waals surface area contributed by atoms with Gasteiger partial charge in [-0.3, -0.25) is 0 Å². The second-order valence-electron chi connectivity index (χ2n) is 6.20. The van der Waals surface area contributed by atoms with Crippen molar-refractivity contribution >= 4 is 10.0 Å². The monoisotopic (exact) mass is 311 g/mol. The molecule has 2 rings (SSSR count). The van der Waals surface area contributed by atoms with Crippen LogP contribution >= 0.6 is 0 Å². The highest BCUT2D eigenvalue weighted by Gasteiger charge is 2.35. The summed E-state index contributed by atoms with van der Waals surface area (Å²) >= 11 is 0. The van der Waals surface area contributed by atoms with Crippen molar-refractivity contribution in [3.63, 3.8) is 0 Å². The maximum absolute atomic E-state index is 11.6. The number of hydrogen-bond donors (Lipinski definition) is 1. The van der Waals surface area contributed by atoms with Gasteiger partial charge in [0.2, 0.25) is 10.0 Å². The molecule has 1 aromatic carbocycles. The first-order valence-electron chi connectivity index (χ1n) is 7.61. The Morgan fingerprint density at radius 1 is 1.05 bits per heavy atom. The van der Waals surface area contributed by atoms with Gasteiger partial charge in [0.15, 0.2) is 0 Å². The Morgan fingerprint density at radius 2 is 1.67 bits per heavy atom. The van der Waals surface area contributed by atoms with Crippen LogP contribution in [0.25, 0.3) is 0 Å². The van der Waals surface area contributed by atoms with Gasteiger partial charge in [0, 0.05) is 5.41 Å². The molecular weight excluding hydrogens is 286 g/mol. The number of benzene rings is 1. The van der Waals surface area contributed by atoms with Crippen LogP contribution in [0.2, 0.25) is 0 Å². The highest BCUT2D eigenvalue weighted by Crippen LogP contribution is 2.36. The topological polar surface area (TPSA) is 69.4 Å². The second-order valence-corrected chi connectivity index (χ2v) is 7.81. The molecule has 1 saturated carbocycles. The Kier molecular flexibility index (Phi) is 5.79. The molecule has 0 amide bonds. The first kappa shape index (κ1) is 16.5. The lowest BCUT2D eigenvalue weighted by Gasteiger charge is -2.31. The van der Waals surface area contributed by atoms with E-state index in [4.69, 9.17) is 9.88 Å². The van der Waals surface area contributed by atoms with Crippen molar-refractivity contribution in [1.82, 2.24) is 0 Å². The lowest BCUT2D eigenvalue weighted by molar-refractivity contribution is 0.0359. The Balaban J connectivity index is 1.98. The third-order valence-corrected chi connectivity index (χ3v) is 5.21. The van der Waals surface area contributed by atoms with Crippen LogP contribution in [0, 0.1) is 5.41 Å². The smallest absolute Gasteiger partial charge is 0.209 e. The SMILES string of the molecule is NS(=O)(=O)CC1(COCc2ccccc2)CCCCCC1. The molecule has 0 saturated heterocycles. The van der Waals surface area contributed by atoms with Gasteiger partial charge in [0.05, 0.1) is 19.0 Å². The Morgan fingerprint density at radius 3 is 2.24 bits per heavy atom. The van der Waals surface area contributed by atoms with E-state index < -0.39 is 10.0 Å². The Bertz CT molecular complexity index is 520. The normalized spacial score (nSPS) is 19.1. The van der Waals surface area contributed by atoms with E-state index in [0.717, 1.165) is 31.2 Å². The van der Waals surface area contributed by atoms with Gasteiger partial charge < -0.3 is 4.74 Å². The van der Waals surface area contributed by atoms with Crippen molar-refractivity contribution in [1.29, 1.82) is 0 Å². The van der Waals surface area contributed by atoms with E-state index in [1.807, 2.05) is 30.3 Å². The third kappa shape index (κ3) is 5.77. The van der Waals surface area contributed by atoms with Gasteiger partial charge in [-0.25, -0.2) is 13.6 Å². The van der Waals surface area contributed by atoms with Crippen molar-refractivity contribution in [3.05, 3.63) is 35.9 Å². The number of primary sulfonamides is 1. The molecule has 1 aliphatic rings. The highest BCUT2D eigenvalue weighted by atomic mass is 32.2. The van der Waals surface area contributed by atoms with Crippen LogP contribution in [0.5, 0.6) is 0 Å². The zero-order valence-corrected chi connectivity index (χ0v) is 13.3. The molecular formula is C16H25NO3S. The van der Waals surface area contributed by atoms with E-state index in [-0.39, 0.29) is 11.2 Å². The summed E-state index contributed by atoms with van der Waals surface area (Å²) in [6, 6.07) is 9.95. The highest BCUT2D eigenvalue weighted by molar-refractivity contribution is 7.89. The summed E-state index contributed by atoms with van der Waals surface area (Å²) in [4.78, 5) is 0. The molecule has 0 radical (unpaired) electrons. The third-order valence-electron chi connectivity index (χ3n) is 4.19. The van der Waals surface area contributed by atoms with E-state index in [1.165, 1.54) is 12.8 Å². The van der Waals surface area contributed by atoms with Crippen LogP contribution in [0.15, 0.2) is 30.3 Å². The second kappa shape index (κ2) is 7.38. The van der Waals surface area contributed by atoms with Gasteiger partial charge in [-0.15, -0.1) is 0 Å². The molecule has 2 N–H and O–H groups in total. The van der Waals surface area contributed by atoms with Crippen LogP contribution in [-0.2, 0) is 21.4 Å². The van der Waals surface area contributed by atoms with E-state index >= 15 is 0 Å². The van der Waals surface area contributed by atoms with Crippen LogP contribution in [0.4, 0.5) is 0 Å². The molecule has 0 aromatic heterocycles. The van der Waals surface area contributed by atoms with Gasteiger partial charge in [0.1, 0.15) is 0 Å². The molecule has 4 nitrogen and oxygen atoms in total. The molecule has 1 fully saturated rings. The summed E-state index contributed by atoms with van der Waals surface area (Å²) in [5, 5.41) is 5.30. The van der Waals surface area contributed by atoms with Crippen LogP contribution < -0.4 is 5.14 Å². The quantitative estimate of drug-likeness (QED) is 0.821. The predicted molar refractivity (Wildman–Crippen MR) is 84.2 cm³/mol. The average Bonchev–Trinajstić information content (AvgIpc) is 2.64. The minimum atomic E-state index is -3.47. The van der Waals surface area contributed by atoms with E-state index in [9.17, 15) is 8.42 Å². The molecule has 0 aliphatic heterocycles. The molecule has 0 atom stereocenters. The fraction of sp³-hybridized carbons (Fsp3) is 0.625. The van der Waals surface area contributed by atoms with Crippen LogP contribution in [-0.4, -0.2) is 20.8 Å². The number of hydrogen-bond acceptors (Lipinski definition) is 3. The molecule has 0 bridgehead atoms. The summed E-state index contributed by atoms with van der Waals surface area (Å²) < 4.78 is 29.0. The molecule has 0 heterocycles. The summed E-state index contributed by atoms with van der Waals surface area (Å²) in [6.07, 6.45) is 6.24. The van der Waals surface area contributed by atoms with Crippen molar-refractivity contribution in [2.45, 2.75) is 45.1 Å². The molecule has 118 valence electrons. The summed E-state index contributed by atoms with van der Waals surface area (Å²) in [5.41, 5.74) is 0.802. The van der Waals surface area contributed by atoms with Crippen molar-refractivity contribution in [3.8, 4) is 0 Å². The van der Waals surface area contributed by atoms with Gasteiger partial charge in [-0.2, -0.15) is 0 Å². The minimum Gasteiger partial charge on any atom is -0.376 e. The zero-order chi connectivity index (χ0) is 15.2. The first-order valence-corrected chi connectivity index (χ1v) is 9.33. The maximum atomic E-state index is 11.6. The molecule has 0 spiro atoms. The lowest BCUT2D eigenvalue weighted by Crippen LogP contribution is -2.37. The fourth-order valence-corrected chi connectivity index (χ4v) is 4.42. The summed E-state index contributed by atoms with van der Waals surface area (Å²) in [7, 11) is -3.47. The zero-order valence-electron chi connectivity index (χ0n) is 12.5. The first-order chi connectivity index (χ1) is 9.99. The van der Waals surface area contributed by atoms with Gasteiger partial charge >= 0.3 is 0 Å². The van der Waals surface area contributed by atoms with Gasteiger partial charge in [-0.05, 0) is 18.4 Å². The Labute approximate surface area is 127 Å². The van der Waals surface area contributed by atoms with E-state index in [1.54, 1.807) is 0 Å². The summed E-state index contributed by atoms with van der Waals surface area (Å²) in [6.45, 7) is 0.992. The number of sulfonamides is 1. The lowest BCUT2D eigenvalue weighted by atomic mass is 9.83. The van der Waals surface area contributed by atoms with Gasteiger partial charge in [-0.1, -0.05) is 56.0 Å². The van der Waals surface area contributed by atoms with Crippen LogP contribution in [0.1, 0.15) is 44.1 Å². The fourth-order valence-electron chi connectivity index (χ4n) is 3.20. The van der Waals surface area contributed by atoms with Crippen molar-refractivity contribution < 1.29 is 13.2 Å². The molecule has 21 heavy (non-hydrogen) atoms. The number of rotatable bonds is 6. The average molecular weight is 311 g/mol. The molecule has 0 unspecified atom stereocenters. The molecule has 5 heteroatoms. The maximum Gasteiger partial charge on any atom is 0.209 e. The summed E-state index contributed by atoms with van der Waals surface area (Å²) in [5.74, 6) is 0.0365. The Hall–Kier alpha value is -0.910. The standard InChI is InChI=1S/C16H25NO3S/c17-21(18,19)14-16(10-6-1-2-7-11-16)13-20-12-15-8-4-3-5-9-15/h3-5,8-9H,1-2,6-7,10-14H2,(H2,17,18,19). The van der Waals surface area contributed by atoms with Crippen molar-refractivity contribution in [2.24, 2.45) is 10.6 Å². The number of nitrogens with two attached hydrogens (primary N) is 1. The molecule has 1 aromatic rings. The minimum absolute atomic E-state index is 0.0365. The van der Waals surface area contributed by atoms with Crippen molar-refractivity contribution in [2.75, 3.05) is 12.4 Å². The van der Waals surface area contributed by atoms with E-state index in [2.05, 4.69) is 0 Å².